The number of hydrogen-bond acceptors (Lipinski definition) is 3. The quantitative estimate of drug-likeness (QED) is 0.788. The Morgan fingerprint density at radius 1 is 1.38 bits per heavy atom. The molecule has 0 aliphatic carbocycles. The van der Waals surface area contributed by atoms with Crippen molar-refractivity contribution >= 4 is 0 Å². The lowest BCUT2D eigenvalue weighted by atomic mass is 9.85. The molecule has 0 radical (unpaired) electrons. The Hall–Kier alpha value is -0.120. The van der Waals surface area contributed by atoms with Crippen molar-refractivity contribution in [2.45, 2.75) is 46.2 Å². The van der Waals surface area contributed by atoms with Crippen LogP contribution in [0.2, 0.25) is 0 Å². The minimum Gasteiger partial charge on any atom is -0.329 e. The van der Waals surface area contributed by atoms with E-state index in [0.717, 1.165) is 26.2 Å². The molecule has 2 unspecified atom stereocenters. The maximum atomic E-state index is 6.00. The molecular weight excluding hydrogens is 198 g/mol. The molecule has 0 aromatic carbocycles. The van der Waals surface area contributed by atoms with Gasteiger partial charge in [0.1, 0.15) is 0 Å². The average molecular weight is 227 g/mol. The fourth-order valence-electron chi connectivity index (χ4n) is 2.66. The predicted molar refractivity (Wildman–Crippen MR) is 70.6 cm³/mol. The number of likely N-dealkylation sites (N-methyl/N-ethyl adjacent to an activating group) is 1. The second kappa shape index (κ2) is 5.48. The van der Waals surface area contributed by atoms with E-state index in [2.05, 4.69) is 44.4 Å². The van der Waals surface area contributed by atoms with Crippen LogP contribution in [0.4, 0.5) is 0 Å². The number of piperazine rings is 1. The lowest BCUT2D eigenvalue weighted by molar-refractivity contribution is -0.00371. The van der Waals surface area contributed by atoms with Gasteiger partial charge in [0.15, 0.2) is 0 Å². The zero-order valence-corrected chi connectivity index (χ0v) is 11.7. The zero-order chi connectivity index (χ0) is 12.3. The molecule has 1 aliphatic heterocycles. The molecule has 0 bridgehead atoms. The van der Waals surface area contributed by atoms with Gasteiger partial charge >= 0.3 is 0 Å². The predicted octanol–water partition coefficient (Wildman–Crippen LogP) is 1.39. The van der Waals surface area contributed by atoms with E-state index >= 15 is 0 Å². The molecule has 0 aromatic heterocycles. The van der Waals surface area contributed by atoms with Crippen molar-refractivity contribution in [2.24, 2.45) is 11.7 Å². The summed E-state index contributed by atoms with van der Waals surface area (Å²) >= 11 is 0. The van der Waals surface area contributed by atoms with Gasteiger partial charge in [0, 0.05) is 37.8 Å². The Morgan fingerprint density at radius 3 is 2.38 bits per heavy atom. The summed E-state index contributed by atoms with van der Waals surface area (Å²) in [7, 11) is 0. The Morgan fingerprint density at radius 2 is 2.00 bits per heavy atom. The number of hydrogen-bond donors (Lipinski definition) is 1. The summed E-state index contributed by atoms with van der Waals surface area (Å²) in [5.74, 6) is 0.609. The fourth-order valence-corrected chi connectivity index (χ4v) is 2.66. The van der Waals surface area contributed by atoms with Gasteiger partial charge in [0.2, 0.25) is 0 Å². The largest absolute Gasteiger partial charge is 0.329 e. The minimum absolute atomic E-state index is 0.161. The van der Waals surface area contributed by atoms with Gasteiger partial charge in [-0.25, -0.2) is 0 Å². The van der Waals surface area contributed by atoms with Crippen LogP contribution in [0.3, 0.4) is 0 Å². The van der Waals surface area contributed by atoms with Crippen molar-refractivity contribution in [1.29, 1.82) is 0 Å². The van der Waals surface area contributed by atoms with Gasteiger partial charge in [-0.3, -0.25) is 9.80 Å². The lowest BCUT2D eigenvalue weighted by Crippen LogP contribution is -2.63. The Kier molecular flexibility index (Phi) is 4.77. The first-order chi connectivity index (χ1) is 7.45. The third kappa shape index (κ3) is 2.58. The summed E-state index contributed by atoms with van der Waals surface area (Å²) in [6.45, 7) is 16.9. The van der Waals surface area contributed by atoms with Crippen LogP contribution in [0.1, 0.15) is 34.6 Å². The molecule has 2 atom stereocenters. The van der Waals surface area contributed by atoms with E-state index in [4.69, 9.17) is 5.73 Å². The van der Waals surface area contributed by atoms with E-state index in [1.807, 2.05) is 0 Å². The van der Waals surface area contributed by atoms with Crippen LogP contribution in [0.5, 0.6) is 0 Å². The Bertz CT molecular complexity index is 217. The number of nitrogens with zero attached hydrogens (tertiary/aromatic N) is 2. The molecule has 1 heterocycles. The van der Waals surface area contributed by atoms with Crippen molar-refractivity contribution < 1.29 is 0 Å². The van der Waals surface area contributed by atoms with Crippen LogP contribution in [-0.2, 0) is 0 Å². The van der Waals surface area contributed by atoms with Gasteiger partial charge < -0.3 is 5.73 Å². The Labute approximate surface area is 101 Å². The van der Waals surface area contributed by atoms with Gasteiger partial charge in [0.05, 0.1) is 0 Å². The third-order valence-electron chi connectivity index (χ3n) is 4.55. The average Bonchev–Trinajstić information content (AvgIpc) is 2.27. The van der Waals surface area contributed by atoms with Crippen LogP contribution in [0.25, 0.3) is 0 Å². The molecule has 3 nitrogen and oxygen atoms in total. The summed E-state index contributed by atoms with van der Waals surface area (Å²) in [6, 6.07) is 0.656. The first-order valence-corrected chi connectivity index (χ1v) is 6.64. The van der Waals surface area contributed by atoms with Crippen LogP contribution < -0.4 is 5.73 Å². The summed E-state index contributed by atoms with van der Waals surface area (Å²) in [5, 5.41) is 0. The molecular formula is C13H29N3. The van der Waals surface area contributed by atoms with Crippen molar-refractivity contribution in [3.05, 3.63) is 0 Å². The topological polar surface area (TPSA) is 32.5 Å². The zero-order valence-electron chi connectivity index (χ0n) is 11.7. The first-order valence-electron chi connectivity index (χ1n) is 6.64. The van der Waals surface area contributed by atoms with Gasteiger partial charge in [0.25, 0.3) is 0 Å². The highest BCUT2D eigenvalue weighted by atomic mass is 15.3. The molecule has 0 aromatic rings. The highest BCUT2D eigenvalue weighted by Gasteiger charge is 2.37. The van der Waals surface area contributed by atoms with Crippen molar-refractivity contribution in [3.8, 4) is 0 Å². The molecule has 3 heteroatoms. The molecule has 0 spiro atoms. The van der Waals surface area contributed by atoms with E-state index < -0.39 is 0 Å². The molecule has 1 aliphatic rings. The minimum atomic E-state index is 0.161. The second-order valence-corrected chi connectivity index (χ2v) is 5.64. The van der Waals surface area contributed by atoms with E-state index in [1.54, 1.807) is 0 Å². The van der Waals surface area contributed by atoms with Gasteiger partial charge in [-0.15, -0.1) is 0 Å². The van der Waals surface area contributed by atoms with E-state index in [-0.39, 0.29) is 5.54 Å². The van der Waals surface area contributed by atoms with Crippen LogP contribution in [0.15, 0.2) is 0 Å². The summed E-state index contributed by atoms with van der Waals surface area (Å²) in [6.07, 6.45) is 0. The van der Waals surface area contributed by atoms with E-state index in [1.165, 1.54) is 6.54 Å². The maximum absolute atomic E-state index is 6.00. The summed E-state index contributed by atoms with van der Waals surface area (Å²) in [4.78, 5) is 5.14. The fraction of sp³-hybridized carbons (Fsp3) is 1.00. The van der Waals surface area contributed by atoms with Crippen LogP contribution in [0, 0.1) is 5.92 Å². The third-order valence-corrected chi connectivity index (χ3v) is 4.55. The molecule has 1 fully saturated rings. The SMILES string of the molecule is CCN1CCN(C(C)(CN)C(C)C)CC1C. The van der Waals surface area contributed by atoms with Gasteiger partial charge in [-0.1, -0.05) is 20.8 Å². The van der Waals surface area contributed by atoms with Gasteiger partial charge in [-0.2, -0.15) is 0 Å². The van der Waals surface area contributed by atoms with Crippen LogP contribution >= 0.6 is 0 Å². The smallest absolute Gasteiger partial charge is 0.0327 e. The monoisotopic (exact) mass is 227 g/mol. The molecule has 1 rings (SSSR count). The summed E-state index contributed by atoms with van der Waals surface area (Å²) in [5.41, 5.74) is 6.16. The van der Waals surface area contributed by atoms with Gasteiger partial charge in [-0.05, 0) is 26.3 Å². The molecule has 96 valence electrons. The van der Waals surface area contributed by atoms with E-state index in [9.17, 15) is 0 Å². The molecule has 0 amide bonds. The van der Waals surface area contributed by atoms with Crippen LogP contribution in [-0.4, -0.2) is 54.1 Å². The summed E-state index contributed by atoms with van der Waals surface area (Å²) < 4.78 is 0. The second-order valence-electron chi connectivity index (χ2n) is 5.64. The normalized spacial score (nSPS) is 28.3. The highest BCUT2D eigenvalue weighted by molar-refractivity contribution is 4.94. The molecule has 16 heavy (non-hydrogen) atoms. The molecule has 0 saturated carbocycles. The Balaban J connectivity index is 2.69. The maximum Gasteiger partial charge on any atom is 0.0327 e. The first kappa shape index (κ1) is 13.9. The standard InChI is InChI=1S/C13H29N3/c1-6-15-7-8-16(9-12(15)4)13(5,10-14)11(2)3/h11-12H,6-10,14H2,1-5H3. The highest BCUT2D eigenvalue weighted by Crippen LogP contribution is 2.26. The van der Waals surface area contributed by atoms with E-state index in [0.29, 0.717) is 12.0 Å². The van der Waals surface area contributed by atoms with Crippen molar-refractivity contribution in [1.82, 2.24) is 9.80 Å². The molecule has 2 N–H and O–H groups in total. The lowest BCUT2D eigenvalue weighted by Gasteiger charge is -2.50. The molecule has 1 saturated heterocycles. The van der Waals surface area contributed by atoms with Crippen molar-refractivity contribution in [2.75, 3.05) is 32.7 Å². The number of rotatable bonds is 4. The van der Waals surface area contributed by atoms with Crippen molar-refractivity contribution in [3.63, 3.8) is 0 Å². The number of nitrogens with two attached hydrogens (primary N) is 1.